The third kappa shape index (κ3) is 3.13. The third-order valence-corrected chi connectivity index (χ3v) is 1.65. The highest BCUT2D eigenvalue weighted by Crippen LogP contribution is 2.28. The van der Waals surface area contributed by atoms with Crippen LogP contribution in [0.15, 0.2) is 0 Å². The Bertz CT molecular complexity index is 171. The highest BCUT2D eigenvalue weighted by Gasteiger charge is 2.37. The predicted molar refractivity (Wildman–Crippen MR) is 40.0 cm³/mol. The summed E-state index contributed by atoms with van der Waals surface area (Å²) in [7, 11) is 0. The Morgan fingerprint density at radius 2 is 2.00 bits per heavy atom. The van der Waals surface area contributed by atoms with E-state index in [1.165, 1.54) is 13.8 Å². The topological polar surface area (TPSA) is 63.3 Å². The lowest BCUT2D eigenvalue weighted by Gasteiger charge is -2.21. The van der Waals surface area contributed by atoms with Gasteiger partial charge in [-0.15, -0.1) is 0 Å². The van der Waals surface area contributed by atoms with E-state index in [1.54, 1.807) is 0 Å². The van der Waals surface area contributed by atoms with Crippen molar-refractivity contribution in [3.63, 3.8) is 0 Å². The van der Waals surface area contributed by atoms with Gasteiger partial charge in [0.1, 0.15) is 6.04 Å². The van der Waals surface area contributed by atoms with Gasteiger partial charge >= 0.3 is 5.97 Å². The zero-order valence-electron chi connectivity index (χ0n) is 7.05. The molecule has 3 N–H and O–H groups in total. The summed E-state index contributed by atoms with van der Waals surface area (Å²) in [5.41, 5.74) is 4.96. The second kappa shape index (κ2) is 3.80. The summed E-state index contributed by atoms with van der Waals surface area (Å²) < 4.78 is 25.6. The van der Waals surface area contributed by atoms with Crippen molar-refractivity contribution in [2.24, 2.45) is 11.7 Å². The summed E-state index contributed by atoms with van der Waals surface area (Å²) in [6, 6.07) is -1.48. The molecular weight excluding hydrogens is 168 g/mol. The Kier molecular flexibility index (Phi) is 3.57. The minimum atomic E-state index is -3.00. The Morgan fingerprint density at radius 3 is 2.25 bits per heavy atom. The van der Waals surface area contributed by atoms with Crippen molar-refractivity contribution < 1.29 is 18.7 Å². The smallest absolute Gasteiger partial charge is 0.320 e. The Hall–Kier alpha value is -0.710. The minimum absolute atomic E-state index is 0.806. The van der Waals surface area contributed by atoms with Crippen LogP contribution < -0.4 is 5.73 Å². The summed E-state index contributed by atoms with van der Waals surface area (Å²) in [6.07, 6.45) is -0.806. The zero-order chi connectivity index (χ0) is 9.94. The Morgan fingerprint density at radius 1 is 1.58 bits per heavy atom. The largest absolute Gasteiger partial charge is 0.480 e. The van der Waals surface area contributed by atoms with Crippen LogP contribution in [0, 0.1) is 5.92 Å². The van der Waals surface area contributed by atoms with E-state index >= 15 is 0 Å². The van der Waals surface area contributed by atoms with Crippen molar-refractivity contribution in [1.29, 1.82) is 0 Å². The van der Waals surface area contributed by atoms with Crippen LogP contribution in [0.25, 0.3) is 0 Å². The van der Waals surface area contributed by atoms with Crippen LogP contribution >= 0.6 is 0 Å². The number of nitrogens with two attached hydrogens (primary N) is 1. The van der Waals surface area contributed by atoms with Crippen LogP contribution in [-0.2, 0) is 4.79 Å². The van der Waals surface area contributed by atoms with E-state index in [0.29, 0.717) is 0 Å². The Balaban J connectivity index is 4.15. The molecule has 0 amide bonds. The summed E-state index contributed by atoms with van der Waals surface area (Å²) in [4.78, 5) is 10.1. The average Bonchev–Trinajstić information content (AvgIpc) is 1.85. The van der Waals surface area contributed by atoms with E-state index in [-0.39, 0.29) is 0 Å². The number of carbonyl (C=O) groups is 1. The van der Waals surface area contributed by atoms with E-state index in [9.17, 15) is 13.6 Å². The molecule has 0 aromatic heterocycles. The molecule has 1 unspecified atom stereocenters. The molecule has 12 heavy (non-hydrogen) atoms. The first-order chi connectivity index (χ1) is 5.27. The van der Waals surface area contributed by atoms with Crippen molar-refractivity contribution >= 4 is 5.97 Å². The maximum atomic E-state index is 12.8. The van der Waals surface area contributed by atoms with Gasteiger partial charge in [-0.3, -0.25) is 4.79 Å². The lowest BCUT2D eigenvalue weighted by Crippen LogP contribution is -2.39. The van der Waals surface area contributed by atoms with Crippen LogP contribution in [0.4, 0.5) is 8.78 Å². The fraction of sp³-hybridized carbons (Fsp3) is 0.857. The molecule has 0 saturated carbocycles. The Labute approximate surface area is 69.6 Å². The molecule has 3 nitrogen and oxygen atoms in total. The fourth-order valence-corrected chi connectivity index (χ4v) is 0.616. The highest BCUT2D eigenvalue weighted by atomic mass is 19.3. The van der Waals surface area contributed by atoms with Crippen molar-refractivity contribution in [3.8, 4) is 0 Å². The van der Waals surface area contributed by atoms with Gasteiger partial charge in [-0.25, -0.2) is 8.78 Å². The van der Waals surface area contributed by atoms with E-state index in [4.69, 9.17) is 10.8 Å². The maximum absolute atomic E-state index is 12.8. The molecule has 0 aromatic carbocycles. The molecule has 0 aliphatic carbocycles. The lowest BCUT2D eigenvalue weighted by molar-refractivity contribution is -0.142. The standard InChI is InChI=1S/C7H13F2NO2/c1-4(2)7(8,9)3-5(10)6(11)12/h4-5H,3,10H2,1-2H3,(H,11,12). The van der Waals surface area contributed by atoms with Gasteiger partial charge in [0, 0.05) is 12.3 Å². The zero-order valence-corrected chi connectivity index (χ0v) is 7.05. The molecule has 0 spiro atoms. The molecule has 1 atom stereocenters. The van der Waals surface area contributed by atoms with Gasteiger partial charge in [0.15, 0.2) is 0 Å². The molecule has 0 aromatic rings. The molecule has 0 heterocycles. The van der Waals surface area contributed by atoms with Crippen LogP contribution in [0.2, 0.25) is 0 Å². The van der Waals surface area contributed by atoms with E-state index < -0.39 is 30.3 Å². The molecule has 72 valence electrons. The van der Waals surface area contributed by atoms with Crippen molar-refractivity contribution in [1.82, 2.24) is 0 Å². The number of rotatable bonds is 4. The molecule has 0 radical (unpaired) electrons. The monoisotopic (exact) mass is 181 g/mol. The van der Waals surface area contributed by atoms with E-state index in [2.05, 4.69) is 0 Å². The highest BCUT2D eigenvalue weighted by molar-refractivity contribution is 5.73. The van der Waals surface area contributed by atoms with Gasteiger partial charge in [0.2, 0.25) is 0 Å². The van der Waals surface area contributed by atoms with Crippen LogP contribution in [-0.4, -0.2) is 23.0 Å². The number of alkyl halides is 2. The summed E-state index contributed by atoms with van der Waals surface area (Å²) in [6.45, 7) is 2.66. The number of halogens is 2. The number of carboxylic acids is 1. The van der Waals surface area contributed by atoms with E-state index in [1.807, 2.05) is 0 Å². The van der Waals surface area contributed by atoms with Crippen molar-refractivity contribution in [2.75, 3.05) is 0 Å². The van der Waals surface area contributed by atoms with E-state index in [0.717, 1.165) is 0 Å². The van der Waals surface area contributed by atoms with Crippen LogP contribution in [0.3, 0.4) is 0 Å². The number of carboxylic acid groups (broad SMARTS) is 1. The predicted octanol–water partition coefficient (Wildman–Crippen LogP) is 1.08. The van der Waals surface area contributed by atoms with Gasteiger partial charge in [0.25, 0.3) is 5.92 Å². The first-order valence-corrected chi connectivity index (χ1v) is 3.63. The van der Waals surface area contributed by atoms with Gasteiger partial charge in [0.05, 0.1) is 0 Å². The fourth-order valence-electron chi connectivity index (χ4n) is 0.616. The maximum Gasteiger partial charge on any atom is 0.320 e. The molecular formula is C7H13F2NO2. The first-order valence-electron chi connectivity index (χ1n) is 3.63. The summed E-state index contributed by atoms with van der Waals surface area (Å²) >= 11 is 0. The van der Waals surface area contributed by atoms with Crippen LogP contribution in [0.1, 0.15) is 20.3 Å². The summed E-state index contributed by atoms with van der Waals surface area (Å²) in [5.74, 6) is -5.28. The molecule has 0 fully saturated rings. The molecule has 5 heteroatoms. The van der Waals surface area contributed by atoms with Gasteiger partial charge < -0.3 is 10.8 Å². The van der Waals surface area contributed by atoms with Gasteiger partial charge in [-0.2, -0.15) is 0 Å². The number of hydrogen-bond acceptors (Lipinski definition) is 2. The van der Waals surface area contributed by atoms with Gasteiger partial charge in [-0.1, -0.05) is 13.8 Å². The molecule has 0 rings (SSSR count). The second-order valence-corrected chi connectivity index (χ2v) is 3.06. The number of hydrogen-bond donors (Lipinski definition) is 2. The van der Waals surface area contributed by atoms with Crippen molar-refractivity contribution in [2.45, 2.75) is 32.2 Å². The molecule has 0 aliphatic heterocycles. The van der Waals surface area contributed by atoms with Crippen molar-refractivity contribution in [3.05, 3.63) is 0 Å². The SMILES string of the molecule is CC(C)C(F)(F)CC(N)C(=O)O. The number of aliphatic carboxylic acids is 1. The molecule has 0 bridgehead atoms. The average molecular weight is 181 g/mol. The molecule has 0 aliphatic rings. The normalized spacial score (nSPS) is 14.8. The molecule has 0 saturated heterocycles. The summed E-state index contributed by atoms with van der Waals surface area (Å²) in [5, 5.41) is 8.27. The first kappa shape index (κ1) is 11.3. The second-order valence-electron chi connectivity index (χ2n) is 3.06. The quantitative estimate of drug-likeness (QED) is 0.682. The van der Waals surface area contributed by atoms with Crippen LogP contribution in [0.5, 0.6) is 0 Å². The van der Waals surface area contributed by atoms with Gasteiger partial charge in [-0.05, 0) is 0 Å². The lowest BCUT2D eigenvalue weighted by atomic mass is 9.99. The minimum Gasteiger partial charge on any atom is -0.480 e. The third-order valence-electron chi connectivity index (χ3n) is 1.65.